The predicted octanol–water partition coefficient (Wildman–Crippen LogP) is 3.56. The van der Waals surface area contributed by atoms with E-state index in [0.29, 0.717) is 0 Å². The molecule has 1 spiro atoms. The molecule has 19 heavy (non-hydrogen) atoms. The highest BCUT2D eigenvalue weighted by Crippen LogP contribution is 2.67. The van der Waals surface area contributed by atoms with Crippen molar-refractivity contribution >= 4 is 5.97 Å². The van der Waals surface area contributed by atoms with Crippen LogP contribution in [0.4, 0.5) is 0 Å². The number of methoxy groups -OCH3 is 1. The molecule has 1 unspecified atom stereocenters. The SMILES string of the molecule is COC(=O)C1(C(C)C)OC12CC(C)(C)CC(C)(C)C2. The molecule has 1 saturated carbocycles. The average molecular weight is 268 g/mol. The summed E-state index contributed by atoms with van der Waals surface area (Å²) in [4.78, 5) is 12.3. The summed E-state index contributed by atoms with van der Waals surface area (Å²) in [5.41, 5.74) is -0.644. The number of ether oxygens (including phenoxy) is 2. The van der Waals surface area contributed by atoms with Crippen LogP contribution in [0.2, 0.25) is 0 Å². The molecule has 1 atom stereocenters. The van der Waals surface area contributed by atoms with Crippen molar-refractivity contribution in [3.8, 4) is 0 Å². The summed E-state index contributed by atoms with van der Waals surface area (Å²) in [5.74, 6) is -0.0550. The Morgan fingerprint density at radius 3 is 1.89 bits per heavy atom. The molecule has 0 aromatic carbocycles. The van der Waals surface area contributed by atoms with E-state index < -0.39 is 5.60 Å². The van der Waals surface area contributed by atoms with Crippen molar-refractivity contribution in [1.82, 2.24) is 0 Å². The molecule has 0 amide bonds. The fourth-order valence-electron chi connectivity index (χ4n) is 4.91. The smallest absolute Gasteiger partial charge is 0.341 e. The minimum absolute atomic E-state index is 0.143. The van der Waals surface area contributed by atoms with E-state index >= 15 is 0 Å². The van der Waals surface area contributed by atoms with E-state index in [0.717, 1.165) is 12.8 Å². The van der Waals surface area contributed by atoms with E-state index in [2.05, 4.69) is 41.5 Å². The molecule has 2 aliphatic rings. The van der Waals surface area contributed by atoms with Crippen molar-refractivity contribution < 1.29 is 14.3 Å². The molecule has 0 N–H and O–H groups in total. The summed E-state index contributed by atoms with van der Waals surface area (Å²) in [6.45, 7) is 13.2. The monoisotopic (exact) mass is 268 g/mol. The van der Waals surface area contributed by atoms with Crippen LogP contribution in [-0.4, -0.2) is 24.3 Å². The summed E-state index contributed by atoms with van der Waals surface area (Å²) < 4.78 is 11.2. The van der Waals surface area contributed by atoms with Gasteiger partial charge < -0.3 is 9.47 Å². The van der Waals surface area contributed by atoms with Gasteiger partial charge in [0, 0.05) is 0 Å². The second kappa shape index (κ2) is 3.97. The van der Waals surface area contributed by atoms with Gasteiger partial charge >= 0.3 is 5.97 Å². The lowest BCUT2D eigenvalue weighted by molar-refractivity contribution is -0.148. The highest BCUT2D eigenvalue weighted by Gasteiger charge is 2.79. The Kier molecular flexibility index (Phi) is 3.10. The molecule has 2 rings (SSSR count). The molecule has 0 bridgehead atoms. The van der Waals surface area contributed by atoms with Gasteiger partial charge in [-0.05, 0) is 36.0 Å². The third kappa shape index (κ3) is 2.10. The van der Waals surface area contributed by atoms with E-state index in [1.807, 2.05) is 0 Å². The number of carbonyl (C=O) groups excluding carboxylic acids is 1. The van der Waals surface area contributed by atoms with E-state index in [4.69, 9.17) is 9.47 Å². The van der Waals surface area contributed by atoms with Crippen molar-refractivity contribution in [3.05, 3.63) is 0 Å². The lowest BCUT2D eigenvalue weighted by Crippen LogP contribution is -2.47. The van der Waals surface area contributed by atoms with Gasteiger partial charge in [-0.1, -0.05) is 41.5 Å². The first-order valence-corrected chi connectivity index (χ1v) is 7.29. The standard InChI is InChI=1S/C16H28O3/c1-11(2)16(12(17)18-7)15(19-16)9-13(3,4)8-14(5,6)10-15/h11H,8-10H2,1-7H3. The minimum Gasteiger partial charge on any atom is -0.467 e. The molecule has 3 nitrogen and oxygen atoms in total. The van der Waals surface area contributed by atoms with Gasteiger partial charge in [-0.2, -0.15) is 0 Å². The zero-order valence-electron chi connectivity index (χ0n) is 13.4. The highest BCUT2D eigenvalue weighted by atomic mass is 16.7. The van der Waals surface area contributed by atoms with Crippen molar-refractivity contribution in [3.63, 3.8) is 0 Å². The molecule has 1 aliphatic carbocycles. The Bertz CT molecular complexity index is 379. The molecular formula is C16H28O3. The van der Waals surface area contributed by atoms with Crippen LogP contribution in [0.5, 0.6) is 0 Å². The van der Waals surface area contributed by atoms with Crippen molar-refractivity contribution in [2.45, 2.75) is 72.0 Å². The lowest BCUT2D eigenvalue weighted by atomic mass is 9.58. The Morgan fingerprint density at radius 2 is 1.53 bits per heavy atom. The predicted molar refractivity (Wildman–Crippen MR) is 74.8 cm³/mol. The zero-order chi connectivity index (χ0) is 14.7. The van der Waals surface area contributed by atoms with Crippen LogP contribution in [-0.2, 0) is 14.3 Å². The van der Waals surface area contributed by atoms with Gasteiger partial charge in [0.05, 0.1) is 7.11 Å². The largest absolute Gasteiger partial charge is 0.467 e. The highest BCUT2D eigenvalue weighted by molar-refractivity contribution is 5.85. The maximum absolute atomic E-state index is 12.3. The minimum atomic E-state index is -0.725. The molecule has 110 valence electrons. The molecule has 0 aromatic rings. The van der Waals surface area contributed by atoms with Gasteiger partial charge in [0.2, 0.25) is 0 Å². The number of epoxide rings is 1. The van der Waals surface area contributed by atoms with Crippen LogP contribution in [0.25, 0.3) is 0 Å². The van der Waals surface area contributed by atoms with E-state index in [-0.39, 0.29) is 28.3 Å². The molecule has 2 fully saturated rings. The molecule has 0 radical (unpaired) electrons. The summed E-state index contributed by atoms with van der Waals surface area (Å²) in [5, 5.41) is 0. The Hall–Kier alpha value is -0.570. The number of hydrogen-bond donors (Lipinski definition) is 0. The molecule has 1 aliphatic heterocycles. The molecule has 1 saturated heterocycles. The van der Waals surface area contributed by atoms with Gasteiger partial charge in [-0.3, -0.25) is 0 Å². The Morgan fingerprint density at radius 1 is 1.05 bits per heavy atom. The van der Waals surface area contributed by atoms with Crippen molar-refractivity contribution in [2.75, 3.05) is 7.11 Å². The number of esters is 1. The van der Waals surface area contributed by atoms with Crippen LogP contribution >= 0.6 is 0 Å². The number of hydrogen-bond acceptors (Lipinski definition) is 3. The molecule has 0 aromatic heterocycles. The van der Waals surface area contributed by atoms with Crippen LogP contribution in [0.15, 0.2) is 0 Å². The maximum Gasteiger partial charge on any atom is 0.341 e. The first-order chi connectivity index (χ1) is 8.50. The van der Waals surface area contributed by atoms with Crippen LogP contribution < -0.4 is 0 Å². The molecular weight excluding hydrogens is 240 g/mol. The number of carbonyl (C=O) groups is 1. The van der Waals surface area contributed by atoms with Gasteiger partial charge in [0.1, 0.15) is 5.60 Å². The van der Waals surface area contributed by atoms with Gasteiger partial charge in [-0.25, -0.2) is 4.79 Å². The Labute approximate surface area is 117 Å². The normalized spacial score (nSPS) is 34.3. The fraction of sp³-hybridized carbons (Fsp3) is 0.938. The molecule has 1 heterocycles. The zero-order valence-corrected chi connectivity index (χ0v) is 13.4. The topological polar surface area (TPSA) is 38.8 Å². The quantitative estimate of drug-likeness (QED) is 0.568. The summed E-state index contributed by atoms with van der Waals surface area (Å²) in [7, 11) is 1.46. The summed E-state index contributed by atoms with van der Waals surface area (Å²) in [6.07, 6.45) is 3.05. The first-order valence-electron chi connectivity index (χ1n) is 7.29. The van der Waals surface area contributed by atoms with Gasteiger partial charge in [0.15, 0.2) is 5.60 Å². The first kappa shape index (κ1) is 14.8. The van der Waals surface area contributed by atoms with Crippen LogP contribution in [0.3, 0.4) is 0 Å². The van der Waals surface area contributed by atoms with Crippen LogP contribution in [0.1, 0.15) is 60.8 Å². The van der Waals surface area contributed by atoms with Gasteiger partial charge in [0.25, 0.3) is 0 Å². The second-order valence-corrected chi connectivity index (χ2v) is 8.34. The third-order valence-corrected chi connectivity index (χ3v) is 4.78. The van der Waals surface area contributed by atoms with E-state index in [1.54, 1.807) is 0 Å². The van der Waals surface area contributed by atoms with E-state index in [9.17, 15) is 4.79 Å². The van der Waals surface area contributed by atoms with E-state index in [1.165, 1.54) is 13.5 Å². The van der Waals surface area contributed by atoms with Gasteiger partial charge in [-0.15, -0.1) is 0 Å². The van der Waals surface area contributed by atoms with Crippen LogP contribution in [0, 0.1) is 16.7 Å². The fourth-order valence-corrected chi connectivity index (χ4v) is 4.91. The average Bonchev–Trinajstić information content (AvgIpc) is 2.80. The number of rotatable bonds is 2. The van der Waals surface area contributed by atoms with Crippen molar-refractivity contribution in [1.29, 1.82) is 0 Å². The summed E-state index contributed by atoms with van der Waals surface area (Å²) in [6, 6.07) is 0. The lowest BCUT2D eigenvalue weighted by Gasteiger charge is -2.45. The molecule has 3 heteroatoms. The second-order valence-electron chi connectivity index (χ2n) is 8.34. The summed E-state index contributed by atoms with van der Waals surface area (Å²) >= 11 is 0. The third-order valence-electron chi connectivity index (χ3n) is 4.78. The Balaban J connectivity index is 2.37. The van der Waals surface area contributed by atoms with Crippen molar-refractivity contribution in [2.24, 2.45) is 16.7 Å². The maximum atomic E-state index is 12.3.